The number of nitrogens with two attached hydrogens (primary N) is 1. The average molecular weight is 383 g/mol. The molecule has 2 aliphatic rings. The van der Waals surface area contributed by atoms with E-state index >= 15 is 0 Å². The lowest BCUT2D eigenvalue weighted by molar-refractivity contribution is 0.0492. The molecule has 2 aliphatic heterocycles. The van der Waals surface area contributed by atoms with Crippen molar-refractivity contribution >= 4 is 30.2 Å². The number of anilines is 1. The standard InChI is InChI=1S/C18H26N4O3.ClH/c1-18(2,3)25-17(24)21-12-8-13-5-6-14(9-12)22(13)15-7-4-11(10-20-15)16(19)23;/h4,7,10,12-14H,5-6,8-9H2,1-3H3,(H2,19,23)(H,21,24);1H. The summed E-state index contributed by atoms with van der Waals surface area (Å²) in [5.74, 6) is 0.399. The van der Waals surface area contributed by atoms with E-state index in [-0.39, 0.29) is 24.5 Å². The van der Waals surface area contributed by atoms with Gasteiger partial charge in [0.05, 0.1) is 5.56 Å². The van der Waals surface area contributed by atoms with Crippen LogP contribution in [0.3, 0.4) is 0 Å². The zero-order valence-corrected chi connectivity index (χ0v) is 16.2. The SMILES string of the molecule is CC(C)(C)OC(=O)NC1CC2CCC(C1)N2c1ccc(C(N)=O)cn1.Cl. The molecule has 3 heterocycles. The maximum absolute atomic E-state index is 12.0. The maximum Gasteiger partial charge on any atom is 0.407 e. The lowest BCUT2D eigenvalue weighted by atomic mass is 9.97. The molecule has 0 spiro atoms. The highest BCUT2D eigenvalue weighted by Gasteiger charge is 2.42. The van der Waals surface area contributed by atoms with Crippen LogP contribution in [-0.4, -0.2) is 40.7 Å². The highest BCUT2D eigenvalue weighted by Crippen LogP contribution is 2.38. The van der Waals surface area contributed by atoms with Gasteiger partial charge in [-0.3, -0.25) is 4.79 Å². The lowest BCUT2D eigenvalue weighted by Crippen LogP contribution is -2.51. The zero-order valence-electron chi connectivity index (χ0n) is 15.4. The first kappa shape index (κ1) is 20.3. The van der Waals surface area contributed by atoms with Crippen LogP contribution in [0, 0.1) is 0 Å². The minimum absolute atomic E-state index is 0. The molecule has 144 valence electrons. The number of hydrogen-bond acceptors (Lipinski definition) is 5. The molecule has 1 aromatic heterocycles. The van der Waals surface area contributed by atoms with Crippen molar-refractivity contribution in [3.8, 4) is 0 Å². The third kappa shape index (κ3) is 4.58. The second-order valence-corrected chi connectivity index (χ2v) is 7.88. The van der Waals surface area contributed by atoms with Gasteiger partial charge in [-0.25, -0.2) is 9.78 Å². The number of piperidine rings is 1. The fourth-order valence-corrected chi connectivity index (χ4v) is 3.83. The highest BCUT2D eigenvalue weighted by atomic mass is 35.5. The first-order valence-electron chi connectivity index (χ1n) is 8.76. The molecule has 2 amide bonds. The number of pyridine rings is 1. The molecule has 0 aliphatic carbocycles. The largest absolute Gasteiger partial charge is 0.444 e. The monoisotopic (exact) mass is 382 g/mol. The number of aromatic nitrogens is 1. The molecule has 3 rings (SSSR count). The Bertz CT molecular complexity index is 645. The van der Waals surface area contributed by atoms with Gasteiger partial charge in [0.1, 0.15) is 11.4 Å². The van der Waals surface area contributed by atoms with E-state index in [9.17, 15) is 9.59 Å². The number of alkyl carbamates (subject to hydrolysis) is 1. The van der Waals surface area contributed by atoms with Gasteiger partial charge in [0.2, 0.25) is 5.91 Å². The molecule has 2 atom stereocenters. The molecule has 2 bridgehead atoms. The molecule has 8 heteroatoms. The number of halogens is 1. The van der Waals surface area contributed by atoms with E-state index in [1.807, 2.05) is 26.8 Å². The summed E-state index contributed by atoms with van der Waals surface area (Å²) in [5, 5.41) is 3.00. The van der Waals surface area contributed by atoms with Crippen molar-refractivity contribution in [1.82, 2.24) is 10.3 Å². The zero-order chi connectivity index (χ0) is 18.2. The first-order valence-corrected chi connectivity index (χ1v) is 8.76. The number of primary amides is 1. The lowest BCUT2D eigenvalue weighted by Gasteiger charge is -2.40. The maximum atomic E-state index is 12.0. The van der Waals surface area contributed by atoms with Crippen molar-refractivity contribution in [1.29, 1.82) is 0 Å². The Kier molecular flexibility index (Phi) is 6.01. The van der Waals surface area contributed by atoms with Crippen LogP contribution in [0.5, 0.6) is 0 Å². The molecule has 3 N–H and O–H groups in total. The molecule has 7 nitrogen and oxygen atoms in total. The molecule has 0 saturated carbocycles. The van der Waals surface area contributed by atoms with Crippen molar-refractivity contribution < 1.29 is 14.3 Å². The second kappa shape index (κ2) is 7.70. The van der Waals surface area contributed by atoms with E-state index in [4.69, 9.17) is 10.5 Å². The predicted molar refractivity (Wildman–Crippen MR) is 102 cm³/mol. The topological polar surface area (TPSA) is 97.5 Å². The Hall–Kier alpha value is -2.02. The fourth-order valence-electron chi connectivity index (χ4n) is 3.83. The van der Waals surface area contributed by atoms with Crippen LogP contribution in [0.2, 0.25) is 0 Å². The van der Waals surface area contributed by atoms with Crippen LogP contribution in [-0.2, 0) is 4.74 Å². The van der Waals surface area contributed by atoms with Gasteiger partial charge < -0.3 is 20.7 Å². The number of carbonyl (C=O) groups excluding carboxylic acids is 2. The van der Waals surface area contributed by atoms with Gasteiger partial charge in [-0.1, -0.05) is 0 Å². The molecule has 2 unspecified atom stereocenters. The van der Waals surface area contributed by atoms with Crippen molar-refractivity contribution in [2.45, 2.75) is 70.2 Å². The van der Waals surface area contributed by atoms with E-state index in [2.05, 4.69) is 15.2 Å². The highest BCUT2D eigenvalue weighted by molar-refractivity contribution is 5.92. The molecule has 0 aromatic carbocycles. The Morgan fingerprint density at radius 1 is 1.23 bits per heavy atom. The summed E-state index contributed by atoms with van der Waals surface area (Å²) in [7, 11) is 0. The van der Waals surface area contributed by atoms with E-state index in [0.717, 1.165) is 31.5 Å². The van der Waals surface area contributed by atoms with Crippen LogP contribution < -0.4 is 16.0 Å². The Labute approximate surface area is 160 Å². The second-order valence-electron chi connectivity index (χ2n) is 7.88. The number of nitrogens with one attached hydrogen (secondary N) is 1. The van der Waals surface area contributed by atoms with Gasteiger partial charge in [-0.15, -0.1) is 12.4 Å². The number of nitrogens with zero attached hydrogens (tertiary/aromatic N) is 2. The number of fused-ring (bicyclic) bond motifs is 2. The normalized spacial score (nSPS) is 24.6. The van der Waals surface area contributed by atoms with Gasteiger partial charge in [0.25, 0.3) is 0 Å². The Morgan fingerprint density at radius 2 is 1.85 bits per heavy atom. The fraction of sp³-hybridized carbons (Fsp3) is 0.611. The average Bonchev–Trinajstić information content (AvgIpc) is 2.76. The van der Waals surface area contributed by atoms with Crippen molar-refractivity contribution in [2.75, 3.05) is 4.90 Å². The van der Waals surface area contributed by atoms with Crippen LogP contribution in [0.4, 0.5) is 10.6 Å². The molecule has 1 aromatic rings. The minimum atomic E-state index is -0.490. The molecular weight excluding hydrogens is 356 g/mol. The summed E-state index contributed by atoms with van der Waals surface area (Å²) in [4.78, 5) is 29.9. The minimum Gasteiger partial charge on any atom is -0.444 e. The number of ether oxygens (including phenoxy) is 1. The summed E-state index contributed by atoms with van der Waals surface area (Å²) in [6, 6.07) is 4.37. The molecular formula is C18H27ClN4O3. The first-order chi connectivity index (χ1) is 11.7. The number of carbonyl (C=O) groups is 2. The van der Waals surface area contributed by atoms with Gasteiger partial charge >= 0.3 is 6.09 Å². The van der Waals surface area contributed by atoms with Gasteiger partial charge in [-0.2, -0.15) is 0 Å². The van der Waals surface area contributed by atoms with Crippen LogP contribution >= 0.6 is 12.4 Å². The van der Waals surface area contributed by atoms with Gasteiger partial charge in [0.15, 0.2) is 0 Å². The van der Waals surface area contributed by atoms with Crippen molar-refractivity contribution in [3.63, 3.8) is 0 Å². The van der Waals surface area contributed by atoms with E-state index in [1.54, 1.807) is 6.07 Å². The van der Waals surface area contributed by atoms with Gasteiger partial charge in [0, 0.05) is 24.3 Å². The smallest absolute Gasteiger partial charge is 0.407 e. The van der Waals surface area contributed by atoms with Crippen LogP contribution in [0.1, 0.15) is 56.8 Å². The summed E-state index contributed by atoms with van der Waals surface area (Å²) < 4.78 is 5.36. The summed E-state index contributed by atoms with van der Waals surface area (Å²) in [5.41, 5.74) is 5.20. The summed E-state index contributed by atoms with van der Waals surface area (Å²) in [6.07, 6.45) is 5.08. The Morgan fingerprint density at radius 3 is 2.31 bits per heavy atom. The van der Waals surface area contributed by atoms with Crippen molar-refractivity contribution in [3.05, 3.63) is 23.9 Å². The quantitative estimate of drug-likeness (QED) is 0.837. The number of hydrogen-bond donors (Lipinski definition) is 2. The third-order valence-electron chi connectivity index (χ3n) is 4.75. The third-order valence-corrected chi connectivity index (χ3v) is 4.75. The van der Waals surface area contributed by atoms with E-state index in [0.29, 0.717) is 17.6 Å². The van der Waals surface area contributed by atoms with E-state index < -0.39 is 11.5 Å². The van der Waals surface area contributed by atoms with E-state index in [1.165, 1.54) is 6.20 Å². The number of amides is 2. The Balaban J connectivity index is 0.00000243. The van der Waals surface area contributed by atoms with Crippen LogP contribution in [0.25, 0.3) is 0 Å². The summed E-state index contributed by atoms with van der Waals surface area (Å²) in [6.45, 7) is 5.58. The predicted octanol–water partition coefficient (Wildman–Crippen LogP) is 2.63. The molecule has 26 heavy (non-hydrogen) atoms. The molecule has 2 fully saturated rings. The number of rotatable bonds is 3. The summed E-state index contributed by atoms with van der Waals surface area (Å²) >= 11 is 0. The van der Waals surface area contributed by atoms with Crippen LogP contribution in [0.15, 0.2) is 18.3 Å². The van der Waals surface area contributed by atoms with Crippen molar-refractivity contribution in [2.24, 2.45) is 5.73 Å². The van der Waals surface area contributed by atoms with Gasteiger partial charge in [-0.05, 0) is 58.6 Å². The molecule has 0 radical (unpaired) electrons. The molecule has 2 saturated heterocycles.